The predicted octanol–water partition coefficient (Wildman–Crippen LogP) is 5.90. The molecule has 1 amide bonds. The van der Waals surface area contributed by atoms with Crippen molar-refractivity contribution in [1.82, 2.24) is 9.38 Å². The largest absolute Gasteiger partial charge is 0.497 e. The number of methoxy groups -OCH3 is 1. The maximum Gasteiger partial charge on any atom is 0.255 e. The molecule has 0 unspecified atom stereocenters. The number of carbonyl (C=O) groups excluding carboxylic acids is 1. The van der Waals surface area contributed by atoms with Gasteiger partial charge < -0.3 is 20.5 Å². The Hall–Kier alpha value is -3.11. The van der Waals surface area contributed by atoms with Crippen LogP contribution in [0.4, 0.5) is 15.9 Å². The first-order valence-corrected chi connectivity index (χ1v) is 11.8. The second-order valence-electron chi connectivity index (χ2n) is 7.69. The van der Waals surface area contributed by atoms with Crippen LogP contribution in [0.25, 0.3) is 16.9 Å². The van der Waals surface area contributed by atoms with Crippen LogP contribution in [-0.4, -0.2) is 29.0 Å². The van der Waals surface area contributed by atoms with Crippen LogP contribution in [0.3, 0.4) is 0 Å². The number of fused-ring (bicyclic) bond motifs is 1. The summed E-state index contributed by atoms with van der Waals surface area (Å²) in [7, 11) is 1.54. The van der Waals surface area contributed by atoms with Gasteiger partial charge >= 0.3 is 0 Å². The lowest BCUT2D eigenvalue weighted by molar-refractivity contribution is -0.119. The van der Waals surface area contributed by atoms with Gasteiger partial charge in [-0.25, -0.2) is 9.37 Å². The molecule has 34 heavy (non-hydrogen) atoms. The molecule has 2 heterocycles. The van der Waals surface area contributed by atoms with Gasteiger partial charge in [-0.3, -0.25) is 9.20 Å². The number of aromatic nitrogens is 2. The maximum atomic E-state index is 14.3. The zero-order valence-electron chi connectivity index (χ0n) is 18.6. The highest BCUT2D eigenvalue weighted by atomic mass is 79.9. The molecule has 0 aliphatic carbocycles. The van der Waals surface area contributed by atoms with Crippen molar-refractivity contribution < 1.29 is 18.7 Å². The topological polar surface area (TPSA) is 90.9 Å². The Labute approximate surface area is 212 Å². The third-order valence-electron chi connectivity index (χ3n) is 5.13. The molecule has 0 saturated carbocycles. The van der Waals surface area contributed by atoms with Crippen LogP contribution in [0.2, 0.25) is 0 Å². The number of anilines is 2. The average Bonchev–Trinajstić information content (AvgIpc) is 3.11. The van der Waals surface area contributed by atoms with E-state index in [1.165, 1.54) is 12.3 Å². The van der Waals surface area contributed by atoms with E-state index in [9.17, 15) is 9.18 Å². The van der Waals surface area contributed by atoms with Crippen LogP contribution in [0.15, 0.2) is 51.5 Å². The van der Waals surface area contributed by atoms with E-state index in [4.69, 9.17) is 20.2 Å². The number of rotatable bonds is 7. The third kappa shape index (κ3) is 4.74. The van der Waals surface area contributed by atoms with Crippen LogP contribution < -0.4 is 20.5 Å². The Kier molecular flexibility index (Phi) is 6.81. The molecular formula is C24H21Br2FN4O3. The van der Waals surface area contributed by atoms with E-state index >= 15 is 0 Å². The van der Waals surface area contributed by atoms with Crippen molar-refractivity contribution in [3.05, 3.63) is 68.5 Å². The average molecular weight is 592 g/mol. The van der Waals surface area contributed by atoms with Crippen molar-refractivity contribution in [3.8, 4) is 22.8 Å². The summed E-state index contributed by atoms with van der Waals surface area (Å²) >= 11 is 7.21. The van der Waals surface area contributed by atoms with E-state index in [1.807, 2.05) is 32.0 Å². The van der Waals surface area contributed by atoms with E-state index in [2.05, 4.69) is 37.2 Å². The van der Waals surface area contributed by atoms with E-state index in [1.54, 1.807) is 23.6 Å². The van der Waals surface area contributed by atoms with Gasteiger partial charge in [0.2, 0.25) is 0 Å². The first kappa shape index (κ1) is 24.0. The van der Waals surface area contributed by atoms with Gasteiger partial charge in [-0.1, -0.05) is 0 Å². The van der Waals surface area contributed by atoms with Gasteiger partial charge in [0, 0.05) is 26.8 Å². The fraction of sp³-hybridized carbons (Fsp3) is 0.167. The van der Waals surface area contributed by atoms with Gasteiger partial charge in [0.05, 0.1) is 12.8 Å². The van der Waals surface area contributed by atoms with Crippen molar-refractivity contribution in [2.45, 2.75) is 13.8 Å². The molecule has 10 heteroatoms. The van der Waals surface area contributed by atoms with Gasteiger partial charge in [-0.15, -0.1) is 0 Å². The molecule has 7 nitrogen and oxygen atoms in total. The predicted molar refractivity (Wildman–Crippen MR) is 136 cm³/mol. The fourth-order valence-electron chi connectivity index (χ4n) is 3.66. The number of primary amides is 1. The minimum Gasteiger partial charge on any atom is -0.497 e. The van der Waals surface area contributed by atoms with Crippen molar-refractivity contribution in [1.29, 1.82) is 0 Å². The highest BCUT2D eigenvalue weighted by Gasteiger charge is 2.23. The molecule has 0 aliphatic rings. The molecule has 3 N–H and O–H groups in total. The first-order chi connectivity index (χ1) is 16.2. The molecule has 0 aliphatic heterocycles. The van der Waals surface area contributed by atoms with E-state index in [0.717, 1.165) is 25.8 Å². The number of ether oxygens (including phenoxy) is 2. The minimum atomic E-state index is -0.616. The molecule has 4 aromatic rings. The Morgan fingerprint density at radius 1 is 1.18 bits per heavy atom. The Balaban J connectivity index is 1.98. The summed E-state index contributed by atoms with van der Waals surface area (Å²) in [5.74, 6) is 0.392. The van der Waals surface area contributed by atoms with Gasteiger partial charge in [-0.2, -0.15) is 0 Å². The van der Waals surface area contributed by atoms with E-state index in [0.29, 0.717) is 34.2 Å². The van der Waals surface area contributed by atoms with Crippen molar-refractivity contribution in [2.24, 2.45) is 5.73 Å². The standard InChI is InChI=1S/C24H21Br2FN4O3/c1-12-6-16(25)22(17(26)7-12)30-24-23(29-20-5-4-14(27)10-31(20)24)21-13(2)8-15(33-3)9-18(21)34-11-19(28)32/h4-10,30H,11H2,1-3H3,(H2,28,32). The number of nitrogens with one attached hydrogen (secondary N) is 1. The van der Waals surface area contributed by atoms with E-state index < -0.39 is 11.7 Å². The number of nitrogens with two attached hydrogens (primary N) is 1. The lowest BCUT2D eigenvalue weighted by atomic mass is 10.0. The molecule has 176 valence electrons. The highest BCUT2D eigenvalue weighted by Crippen LogP contribution is 2.43. The monoisotopic (exact) mass is 590 g/mol. The lowest BCUT2D eigenvalue weighted by Gasteiger charge is -2.17. The number of halogens is 3. The lowest BCUT2D eigenvalue weighted by Crippen LogP contribution is -2.20. The smallest absolute Gasteiger partial charge is 0.255 e. The Bertz CT molecular complexity index is 1400. The summed E-state index contributed by atoms with van der Waals surface area (Å²) in [4.78, 5) is 16.2. The molecule has 0 fully saturated rings. The number of nitrogens with zero attached hydrogens (tertiary/aromatic N) is 2. The summed E-state index contributed by atoms with van der Waals surface area (Å²) in [6.07, 6.45) is 1.35. The quantitative estimate of drug-likeness (QED) is 0.279. The summed E-state index contributed by atoms with van der Waals surface area (Å²) in [6.45, 7) is 3.54. The molecule has 0 spiro atoms. The summed E-state index contributed by atoms with van der Waals surface area (Å²) in [5.41, 5.74) is 9.54. The number of amides is 1. The second kappa shape index (κ2) is 9.63. The highest BCUT2D eigenvalue weighted by molar-refractivity contribution is 9.11. The van der Waals surface area contributed by atoms with Crippen molar-refractivity contribution in [3.63, 3.8) is 0 Å². The molecule has 0 saturated heterocycles. The number of imidazole rings is 1. The van der Waals surface area contributed by atoms with Gasteiger partial charge in [0.1, 0.15) is 34.5 Å². The number of pyridine rings is 1. The SMILES string of the molecule is COc1cc(C)c(-c2nc3ccc(F)cn3c2Nc2c(Br)cc(C)cc2Br)c(OCC(N)=O)c1. The van der Waals surface area contributed by atoms with Gasteiger partial charge in [0.15, 0.2) is 6.61 Å². The molecule has 0 atom stereocenters. The summed E-state index contributed by atoms with van der Waals surface area (Å²) < 4.78 is 28.6. The minimum absolute atomic E-state index is 0.320. The van der Waals surface area contributed by atoms with Crippen LogP contribution in [0.5, 0.6) is 11.5 Å². The second-order valence-corrected chi connectivity index (χ2v) is 9.39. The normalized spacial score (nSPS) is 11.0. The fourth-order valence-corrected chi connectivity index (χ4v) is 5.27. The van der Waals surface area contributed by atoms with E-state index in [-0.39, 0.29) is 6.61 Å². The van der Waals surface area contributed by atoms with Crippen LogP contribution in [0.1, 0.15) is 11.1 Å². The number of hydrogen-bond donors (Lipinski definition) is 2. The number of benzene rings is 2. The summed E-state index contributed by atoms with van der Waals surface area (Å²) in [6, 6.07) is 10.4. The van der Waals surface area contributed by atoms with Crippen LogP contribution in [-0.2, 0) is 4.79 Å². The molecular weight excluding hydrogens is 571 g/mol. The number of aryl methyl sites for hydroxylation is 2. The van der Waals surface area contributed by atoms with Crippen LogP contribution >= 0.6 is 31.9 Å². The van der Waals surface area contributed by atoms with Crippen molar-refractivity contribution in [2.75, 3.05) is 19.0 Å². The maximum absolute atomic E-state index is 14.3. The van der Waals surface area contributed by atoms with Crippen molar-refractivity contribution >= 4 is 54.9 Å². The molecule has 2 aromatic carbocycles. The van der Waals surface area contributed by atoms with Crippen LogP contribution in [0, 0.1) is 19.7 Å². The molecule has 0 bridgehead atoms. The number of carbonyl (C=O) groups is 1. The summed E-state index contributed by atoms with van der Waals surface area (Å²) in [5, 5.41) is 3.39. The Morgan fingerprint density at radius 3 is 2.53 bits per heavy atom. The first-order valence-electron chi connectivity index (χ1n) is 10.2. The Morgan fingerprint density at radius 2 is 1.88 bits per heavy atom. The zero-order chi connectivity index (χ0) is 24.6. The molecule has 4 rings (SSSR count). The van der Waals surface area contributed by atoms with Gasteiger partial charge in [0.25, 0.3) is 5.91 Å². The molecule has 2 aromatic heterocycles. The molecule has 0 radical (unpaired) electrons. The third-order valence-corrected chi connectivity index (χ3v) is 6.38. The van der Waals surface area contributed by atoms with Gasteiger partial charge in [-0.05, 0) is 87.2 Å². The number of hydrogen-bond acceptors (Lipinski definition) is 5. The zero-order valence-corrected chi connectivity index (χ0v) is 21.8.